The Morgan fingerprint density at radius 1 is 1.40 bits per heavy atom. The van der Waals surface area contributed by atoms with Crippen molar-refractivity contribution >= 4 is 31.7 Å². The van der Waals surface area contributed by atoms with Gasteiger partial charge in [-0.25, -0.2) is 8.42 Å². The molecule has 7 heteroatoms. The fourth-order valence-electron chi connectivity index (χ4n) is 2.84. The summed E-state index contributed by atoms with van der Waals surface area (Å²) < 4.78 is 25.2. The molecule has 0 heterocycles. The first kappa shape index (κ1) is 15.5. The molecule has 3 atom stereocenters. The van der Waals surface area contributed by atoms with Crippen molar-refractivity contribution in [2.24, 2.45) is 11.1 Å². The van der Waals surface area contributed by atoms with Gasteiger partial charge in [-0.3, -0.25) is 4.79 Å². The molecule has 0 radical (unpaired) electrons. The molecule has 20 heavy (non-hydrogen) atoms. The minimum Gasteiger partial charge on any atom is -0.481 e. The van der Waals surface area contributed by atoms with E-state index in [1.807, 2.05) is 0 Å². The van der Waals surface area contributed by atoms with E-state index in [-0.39, 0.29) is 12.3 Å². The first-order chi connectivity index (χ1) is 9.31. The Bertz CT molecular complexity index is 628. The largest absolute Gasteiger partial charge is 0.481 e. The topological polar surface area (TPSA) is 97.5 Å². The Kier molecular flexibility index (Phi) is 3.96. The Morgan fingerprint density at radius 3 is 2.35 bits per heavy atom. The van der Waals surface area contributed by atoms with Crippen LogP contribution in [0.1, 0.15) is 18.4 Å². The molecular weight excluding hydrogens is 346 g/mol. The number of hydrogen-bond acceptors (Lipinski definition) is 4. The van der Waals surface area contributed by atoms with Crippen LogP contribution in [-0.2, 0) is 14.6 Å². The molecule has 1 fully saturated rings. The summed E-state index contributed by atoms with van der Waals surface area (Å²) in [6, 6.07) is 7.03. The van der Waals surface area contributed by atoms with Crippen LogP contribution in [0.3, 0.4) is 0 Å². The highest BCUT2D eigenvalue weighted by atomic mass is 79.9. The van der Waals surface area contributed by atoms with Gasteiger partial charge in [0.2, 0.25) is 0 Å². The SMILES string of the molecule is CCS(=O)(=O)[C@@H]1[C@H](c2ccc(Br)cc2)[C@@]1(CN)C(=O)O. The third-order valence-corrected chi connectivity index (χ3v) is 6.81. The van der Waals surface area contributed by atoms with Crippen LogP contribution in [0.25, 0.3) is 0 Å². The zero-order chi connectivity index (χ0) is 15.1. The van der Waals surface area contributed by atoms with Crippen LogP contribution in [0.2, 0.25) is 0 Å². The second kappa shape index (κ2) is 5.13. The first-order valence-corrected chi connectivity index (χ1v) is 8.72. The summed E-state index contributed by atoms with van der Waals surface area (Å²) in [6.07, 6.45) is 0. The molecule has 1 aromatic carbocycles. The minimum atomic E-state index is -3.47. The summed E-state index contributed by atoms with van der Waals surface area (Å²) >= 11 is 3.30. The molecule has 0 unspecified atom stereocenters. The average molecular weight is 362 g/mol. The maximum Gasteiger partial charge on any atom is 0.312 e. The maximum absolute atomic E-state index is 12.2. The second-order valence-electron chi connectivity index (χ2n) is 4.95. The molecule has 0 spiro atoms. The lowest BCUT2D eigenvalue weighted by Gasteiger charge is -2.09. The van der Waals surface area contributed by atoms with E-state index in [0.717, 1.165) is 4.47 Å². The van der Waals surface area contributed by atoms with Gasteiger partial charge in [0.05, 0.1) is 5.25 Å². The van der Waals surface area contributed by atoms with Gasteiger partial charge < -0.3 is 10.8 Å². The molecule has 0 aromatic heterocycles. The van der Waals surface area contributed by atoms with Crippen molar-refractivity contribution < 1.29 is 18.3 Å². The molecule has 2 rings (SSSR count). The number of nitrogens with two attached hydrogens (primary N) is 1. The van der Waals surface area contributed by atoms with Gasteiger partial charge in [-0.2, -0.15) is 0 Å². The molecule has 0 saturated heterocycles. The molecule has 0 amide bonds. The van der Waals surface area contributed by atoms with Crippen molar-refractivity contribution in [3.05, 3.63) is 34.3 Å². The summed E-state index contributed by atoms with van der Waals surface area (Å²) in [5, 5.41) is 8.52. The van der Waals surface area contributed by atoms with Gasteiger partial charge in [-0.15, -0.1) is 0 Å². The van der Waals surface area contributed by atoms with E-state index in [9.17, 15) is 18.3 Å². The molecule has 1 aromatic rings. The monoisotopic (exact) mass is 361 g/mol. The third-order valence-electron chi connectivity index (χ3n) is 4.01. The van der Waals surface area contributed by atoms with Gasteiger partial charge in [-0.1, -0.05) is 35.0 Å². The second-order valence-corrected chi connectivity index (χ2v) is 8.28. The highest BCUT2D eigenvalue weighted by molar-refractivity contribution is 9.10. The molecule has 0 bridgehead atoms. The van der Waals surface area contributed by atoms with Crippen LogP contribution in [0.4, 0.5) is 0 Å². The summed E-state index contributed by atoms with van der Waals surface area (Å²) in [7, 11) is -3.47. The van der Waals surface area contributed by atoms with Crippen molar-refractivity contribution in [3.63, 3.8) is 0 Å². The van der Waals surface area contributed by atoms with E-state index >= 15 is 0 Å². The van der Waals surface area contributed by atoms with Gasteiger partial charge >= 0.3 is 5.97 Å². The number of carbonyl (C=O) groups is 1. The quantitative estimate of drug-likeness (QED) is 0.825. The Morgan fingerprint density at radius 2 is 1.95 bits per heavy atom. The van der Waals surface area contributed by atoms with Crippen molar-refractivity contribution in [2.75, 3.05) is 12.3 Å². The van der Waals surface area contributed by atoms with Crippen LogP contribution >= 0.6 is 15.9 Å². The predicted octanol–water partition coefficient (Wildman–Crippen LogP) is 1.38. The number of halogens is 1. The average Bonchev–Trinajstić information content (AvgIpc) is 3.11. The van der Waals surface area contributed by atoms with E-state index in [1.165, 1.54) is 6.92 Å². The van der Waals surface area contributed by atoms with Crippen molar-refractivity contribution in [3.8, 4) is 0 Å². The molecule has 1 aliphatic carbocycles. The number of aliphatic carboxylic acids is 1. The van der Waals surface area contributed by atoms with Crippen LogP contribution in [0.5, 0.6) is 0 Å². The zero-order valence-corrected chi connectivity index (χ0v) is 13.3. The molecule has 5 nitrogen and oxygen atoms in total. The van der Waals surface area contributed by atoms with Gasteiger partial charge in [0.1, 0.15) is 5.41 Å². The van der Waals surface area contributed by atoms with Crippen molar-refractivity contribution in [1.82, 2.24) is 0 Å². The van der Waals surface area contributed by atoms with Crippen LogP contribution in [0, 0.1) is 5.41 Å². The number of rotatable bonds is 5. The summed E-state index contributed by atoms with van der Waals surface area (Å²) in [4.78, 5) is 11.6. The lowest BCUT2D eigenvalue weighted by molar-refractivity contribution is -0.143. The Hall–Kier alpha value is -0.920. The predicted molar refractivity (Wildman–Crippen MR) is 79.3 cm³/mol. The van der Waals surface area contributed by atoms with Gasteiger partial charge in [0, 0.05) is 22.7 Å². The maximum atomic E-state index is 12.2. The van der Waals surface area contributed by atoms with Crippen LogP contribution in [-0.4, -0.2) is 37.0 Å². The fourth-order valence-corrected chi connectivity index (χ4v) is 5.18. The van der Waals surface area contributed by atoms with Gasteiger partial charge in [0.15, 0.2) is 9.84 Å². The Balaban J connectivity index is 2.50. The highest BCUT2D eigenvalue weighted by Gasteiger charge is 2.74. The lowest BCUT2D eigenvalue weighted by atomic mass is 9.99. The first-order valence-electron chi connectivity index (χ1n) is 6.21. The van der Waals surface area contributed by atoms with Gasteiger partial charge in [-0.05, 0) is 17.7 Å². The third kappa shape index (κ3) is 2.17. The normalized spacial score (nSPS) is 29.1. The molecule has 0 aliphatic heterocycles. The van der Waals surface area contributed by atoms with E-state index in [2.05, 4.69) is 15.9 Å². The standard InChI is InChI=1S/C13H16BrNO4S/c1-2-20(18,19)11-10(13(11,7-15)12(16)17)8-3-5-9(14)6-4-8/h3-6,10-11H,2,7,15H2,1H3,(H,16,17)/t10-,11+,13+/m0/s1. The van der Waals surface area contributed by atoms with Crippen molar-refractivity contribution in [2.45, 2.75) is 18.1 Å². The number of carboxylic acid groups (broad SMARTS) is 1. The molecular formula is C13H16BrNO4S. The van der Waals surface area contributed by atoms with E-state index in [0.29, 0.717) is 5.56 Å². The van der Waals surface area contributed by atoms with Crippen LogP contribution < -0.4 is 5.73 Å². The molecule has 1 saturated carbocycles. The fraction of sp³-hybridized carbons (Fsp3) is 0.462. The van der Waals surface area contributed by atoms with E-state index < -0.39 is 32.4 Å². The number of sulfone groups is 1. The number of carboxylic acids is 1. The van der Waals surface area contributed by atoms with Crippen molar-refractivity contribution in [1.29, 1.82) is 0 Å². The smallest absolute Gasteiger partial charge is 0.312 e. The zero-order valence-electron chi connectivity index (χ0n) is 10.9. The molecule has 110 valence electrons. The summed E-state index contributed by atoms with van der Waals surface area (Å²) in [6.45, 7) is 1.34. The summed E-state index contributed by atoms with van der Waals surface area (Å²) in [5.74, 6) is -1.81. The Labute approximate surface area is 126 Å². The lowest BCUT2D eigenvalue weighted by Crippen LogP contribution is -2.32. The summed E-state index contributed by atoms with van der Waals surface area (Å²) in [5.41, 5.74) is 4.91. The molecule has 1 aliphatic rings. The highest BCUT2D eigenvalue weighted by Crippen LogP contribution is 2.62. The van der Waals surface area contributed by atoms with E-state index in [4.69, 9.17) is 5.73 Å². The number of benzene rings is 1. The van der Waals surface area contributed by atoms with Gasteiger partial charge in [0.25, 0.3) is 0 Å². The van der Waals surface area contributed by atoms with Crippen LogP contribution in [0.15, 0.2) is 28.7 Å². The van der Waals surface area contributed by atoms with E-state index in [1.54, 1.807) is 24.3 Å². The number of hydrogen-bond donors (Lipinski definition) is 2. The minimum absolute atomic E-state index is 0.0836. The molecule has 3 N–H and O–H groups in total.